The van der Waals surface area contributed by atoms with E-state index in [1.807, 2.05) is 18.2 Å². The van der Waals surface area contributed by atoms with Gasteiger partial charge in [0.2, 0.25) is 0 Å². The molecule has 0 spiro atoms. The van der Waals surface area contributed by atoms with E-state index in [2.05, 4.69) is 11.4 Å². The van der Waals surface area contributed by atoms with Crippen molar-refractivity contribution in [1.29, 1.82) is 0 Å². The van der Waals surface area contributed by atoms with Crippen molar-refractivity contribution in [2.45, 2.75) is 43.7 Å². The Morgan fingerprint density at radius 2 is 2.17 bits per heavy atom. The second-order valence-electron chi connectivity index (χ2n) is 5.69. The van der Waals surface area contributed by atoms with Crippen LogP contribution in [0.25, 0.3) is 0 Å². The Morgan fingerprint density at radius 3 is 3.00 bits per heavy atom. The lowest BCUT2D eigenvalue weighted by Crippen LogP contribution is -2.53. The van der Waals surface area contributed by atoms with Gasteiger partial charge in [0.25, 0.3) is 0 Å². The first-order chi connectivity index (χ1) is 8.69. The van der Waals surface area contributed by atoms with E-state index in [1.54, 1.807) is 0 Å². The maximum atomic E-state index is 10.8. The number of fused-ring (bicyclic) bond motifs is 1. The Bertz CT molecular complexity index is 432. The molecule has 2 N–H and O–H groups in total. The van der Waals surface area contributed by atoms with Gasteiger partial charge in [-0.05, 0) is 43.5 Å². The molecule has 18 heavy (non-hydrogen) atoms. The molecule has 0 amide bonds. The molecule has 0 aromatic heterocycles. The van der Waals surface area contributed by atoms with Gasteiger partial charge in [-0.2, -0.15) is 0 Å². The van der Waals surface area contributed by atoms with Gasteiger partial charge in [-0.15, -0.1) is 0 Å². The minimum absolute atomic E-state index is 0.253. The molecule has 2 nitrogen and oxygen atoms in total. The summed E-state index contributed by atoms with van der Waals surface area (Å²) in [5, 5.41) is 15.2. The SMILES string of the molecule is O[C@]12CCCC[C@H]1[C@H](c1cccc(Cl)c1)NCC2. The Balaban J connectivity index is 1.91. The normalized spacial score (nSPS) is 36.1. The molecule has 1 aliphatic carbocycles. The van der Waals surface area contributed by atoms with E-state index >= 15 is 0 Å². The highest BCUT2D eigenvalue weighted by atomic mass is 35.5. The van der Waals surface area contributed by atoms with Gasteiger partial charge in [0, 0.05) is 17.0 Å². The van der Waals surface area contributed by atoms with Gasteiger partial charge in [-0.25, -0.2) is 0 Å². The van der Waals surface area contributed by atoms with Gasteiger partial charge in [0.05, 0.1) is 5.60 Å². The molecule has 1 saturated carbocycles. The number of rotatable bonds is 1. The zero-order valence-corrected chi connectivity index (χ0v) is 11.3. The standard InChI is InChI=1S/C15H20ClNO/c16-12-5-3-4-11(10-12)14-13-6-1-2-7-15(13,18)8-9-17-14/h3-5,10,13-14,17-18H,1-2,6-9H2/t13-,14-,15-/m0/s1. The third-order valence-electron chi connectivity index (χ3n) is 4.60. The molecule has 3 heteroatoms. The van der Waals surface area contributed by atoms with E-state index < -0.39 is 5.60 Å². The second-order valence-corrected chi connectivity index (χ2v) is 6.13. The summed E-state index contributed by atoms with van der Waals surface area (Å²) in [6.07, 6.45) is 5.34. The molecule has 98 valence electrons. The zero-order chi connectivity index (χ0) is 12.6. The summed E-state index contributed by atoms with van der Waals surface area (Å²) in [5.74, 6) is 0.332. The quantitative estimate of drug-likeness (QED) is 0.817. The summed E-state index contributed by atoms with van der Waals surface area (Å²) in [6.45, 7) is 0.893. The van der Waals surface area contributed by atoms with Crippen LogP contribution in [0.4, 0.5) is 0 Å². The number of aliphatic hydroxyl groups is 1. The van der Waals surface area contributed by atoms with Crippen molar-refractivity contribution < 1.29 is 5.11 Å². The summed E-state index contributed by atoms with van der Waals surface area (Å²) in [4.78, 5) is 0. The predicted octanol–water partition coefficient (Wildman–Crippen LogP) is 3.30. The highest BCUT2D eigenvalue weighted by Gasteiger charge is 2.45. The second kappa shape index (κ2) is 4.84. The number of halogens is 1. The van der Waals surface area contributed by atoms with Gasteiger partial charge in [0.15, 0.2) is 0 Å². The summed E-state index contributed by atoms with van der Waals surface area (Å²) in [5.41, 5.74) is 0.753. The molecule has 0 unspecified atom stereocenters. The number of nitrogens with one attached hydrogen (secondary N) is 1. The van der Waals surface area contributed by atoms with Crippen LogP contribution in [0, 0.1) is 5.92 Å². The van der Waals surface area contributed by atoms with Crippen LogP contribution in [-0.2, 0) is 0 Å². The van der Waals surface area contributed by atoms with E-state index in [0.29, 0.717) is 5.92 Å². The zero-order valence-electron chi connectivity index (χ0n) is 10.5. The molecule has 0 radical (unpaired) electrons. The molecule has 2 fully saturated rings. The lowest BCUT2D eigenvalue weighted by molar-refractivity contribution is -0.0861. The topological polar surface area (TPSA) is 32.3 Å². The summed E-state index contributed by atoms with van der Waals surface area (Å²) < 4.78 is 0. The maximum absolute atomic E-state index is 10.8. The van der Waals surface area contributed by atoms with Crippen molar-refractivity contribution in [2.75, 3.05) is 6.54 Å². The summed E-state index contributed by atoms with van der Waals surface area (Å²) in [6, 6.07) is 8.29. The molecule has 1 heterocycles. The van der Waals surface area contributed by atoms with E-state index in [0.717, 1.165) is 37.3 Å². The predicted molar refractivity (Wildman–Crippen MR) is 73.7 cm³/mol. The van der Waals surface area contributed by atoms with Gasteiger partial charge >= 0.3 is 0 Å². The van der Waals surface area contributed by atoms with Gasteiger partial charge in [0.1, 0.15) is 0 Å². The van der Waals surface area contributed by atoms with E-state index in [4.69, 9.17) is 11.6 Å². The average molecular weight is 266 g/mol. The minimum Gasteiger partial charge on any atom is -0.389 e. The maximum Gasteiger partial charge on any atom is 0.0706 e. The van der Waals surface area contributed by atoms with Crippen molar-refractivity contribution in [3.8, 4) is 0 Å². The van der Waals surface area contributed by atoms with Gasteiger partial charge < -0.3 is 10.4 Å². The van der Waals surface area contributed by atoms with Gasteiger partial charge in [-0.3, -0.25) is 0 Å². The number of piperidine rings is 1. The highest BCUT2D eigenvalue weighted by molar-refractivity contribution is 6.30. The van der Waals surface area contributed by atoms with Crippen molar-refractivity contribution in [3.63, 3.8) is 0 Å². The molecule has 0 bridgehead atoms. The van der Waals surface area contributed by atoms with E-state index in [-0.39, 0.29) is 6.04 Å². The largest absolute Gasteiger partial charge is 0.389 e. The van der Waals surface area contributed by atoms with Crippen LogP contribution in [0.3, 0.4) is 0 Å². The molecule has 1 aromatic carbocycles. The van der Waals surface area contributed by atoms with Crippen molar-refractivity contribution in [2.24, 2.45) is 5.92 Å². The molecule has 1 aromatic rings. The fourth-order valence-corrected chi connectivity index (χ4v) is 3.87. The smallest absolute Gasteiger partial charge is 0.0706 e. The lowest BCUT2D eigenvalue weighted by Gasteiger charge is -2.48. The van der Waals surface area contributed by atoms with Crippen molar-refractivity contribution >= 4 is 11.6 Å². The average Bonchev–Trinajstić information content (AvgIpc) is 2.37. The van der Waals surface area contributed by atoms with Crippen LogP contribution in [0.5, 0.6) is 0 Å². The summed E-state index contributed by atoms with van der Waals surface area (Å²) in [7, 11) is 0. The first-order valence-electron chi connectivity index (χ1n) is 6.90. The van der Waals surface area contributed by atoms with Crippen LogP contribution in [0.1, 0.15) is 43.7 Å². The monoisotopic (exact) mass is 265 g/mol. The number of hydrogen-bond acceptors (Lipinski definition) is 2. The Kier molecular flexibility index (Phi) is 3.35. The molecule has 3 rings (SSSR count). The molecular formula is C15H20ClNO. The fourth-order valence-electron chi connectivity index (χ4n) is 3.67. The van der Waals surface area contributed by atoms with Crippen LogP contribution in [-0.4, -0.2) is 17.3 Å². The summed E-state index contributed by atoms with van der Waals surface area (Å²) >= 11 is 6.08. The Hall–Kier alpha value is -0.570. The first-order valence-corrected chi connectivity index (χ1v) is 7.28. The Labute approximate surface area is 113 Å². The molecule has 1 saturated heterocycles. The van der Waals surface area contributed by atoms with Crippen LogP contribution in [0.15, 0.2) is 24.3 Å². The van der Waals surface area contributed by atoms with Crippen LogP contribution in [0.2, 0.25) is 5.02 Å². The third-order valence-corrected chi connectivity index (χ3v) is 4.83. The minimum atomic E-state index is -0.462. The van der Waals surface area contributed by atoms with Crippen LogP contribution >= 0.6 is 11.6 Å². The van der Waals surface area contributed by atoms with E-state index in [1.165, 1.54) is 12.0 Å². The van der Waals surface area contributed by atoms with Crippen LogP contribution < -0.4 is 5.32 Å². The molecule has 3 atom stereocenters. The van der Waals surface area contributed by atoms with Crippen molar-refractivity contribution in [1.82, 2.24) is 5.32 Å². The molecule has 2 aliphatic rings. The fraction of sp³-hybridized carbons (Fsp3) is 0.600. The number of hydrogen-bond donors (Lipinski definition) is 2. The lowest BCUT2D eigenvalue weighted by atomic mass is 9.67. The Morgan fingerprint density at radius 1 is 1.28 bits per heavy atom. The first kappa shape index (κ1) is 12.5. The van der Waals surface area contributed by atoms with Gasteiger partial charge in [-0.1, -0.05) is 36.6 Å². The third kappa shape index (κ3) is 2.18. The molecule has 1 aliphatic heterocycles. The number of benzene rings is 1. The van der Waals surface area contributed by atoms with E-state index in [9.17, 15) is 5.11 Å². The highest BCUT2D eigenvalue weighted by Crippen LogP contribution is 2.45. The van der Waals surface area contributed by atoms with Crippen molar-refractivity contribution in [3.05, 3.63) is 34.9 Å². The molecular weight excluding hydrogens is 246 g/mol.